The average Bonchev–Trinajstić information content (AvgIpc) is 2.70. The molecule has 0 N–H and O–H groups in total. The van der Waals surface area contributed by atoms with Crippen LogP contribution in [0.25, 0.3) is 10.2 Å². The molecule has 0 aliphatic rings. The van der Waals surface area contributed by atoms with Gasteiger partial charge in [0.25, 0.3) is 5.56 Å². The maximum Gasteiger partial charge on any atom is 0.348 e. The van der Waals surface area contributed by atoms with Gasteiger partial charge in [-0.05, 0) is 18.9 Å². The molecule has 0 aliphatic carbocycles. The van der Waals surface area contributed by atoms with Crippen molar-refractivity contribution in [3.8, 4) is 0 Å². The molecule has 5 nitrogen and oxygen atoms in total. The van der Waals surface area contributed by atoms with Crippen LogP contribution in [0, 0.1) is 6.92 Å². The van der Waals surface area contributed by atoms with Gasteiger partial charge in [0.15, 0.2) is 0 Å². The number of carbonyl (C=O) groups excluding carboxylic acids is 1. The van der Waals surface area contributed by atoms with Gasteiger partial charge in [0.05, 0.1) is 18.8 Å². The molecule has 0 aliphatic heterocycles. The van der Waals surface area contributed by atoms with Crippen LogP contribution in [0.4, 0.5) is 0 Å². The molecule has 96 valence electrons. The number of hydrogen-bond donors (Lipinski definition) is 0. The van der Waals surface area contributed by atoms with Gasteiger partial charge >= 0.3 is 5.97 Å². The molecule has 0 radical (unpaired) electrons. The molecule has 6 heteroatoms. The van der Waals surface area contributed by atoms with E-state index in [0.717, 1.165) is 6.42 Å². The second-order valence-electron chi connectivity index (χ2n) is 3.97. The second kappa shape index (κ2) is 4.89. The molecule has 2 rings (SSSR count). The van der Waals surface area contributed by atoms with Crippen molar-refractivity contribution in [3.05, 3.63) is 27.1 Å². The van der Waals surface area contributed by atoms with Gasteiger partial charge < -0.3 is 4.74 Å². The zero-order chi connectivity index (χ0) is 13.3. The number of rotatable bonds is 3. The molecule has 2 heterocycles. The molecule has 0 saturated carbocycles. The quantitative estimate of drug-likeness (QED) is 0.797. The van der Waals surface area contributed by atoms with E-state index >= 15 is 0 Å². The molecule has 0 aromatic carbocycles. The Morgan fingerprint density at radius 1 is 1.56 bits per heavy atom. The fourth-order valence-electron chi connectivity index (χ4n) is 1.85. The third kappa shape index (κ3) is 1.92. The highest BCUT2D eigenvalue weighted by atomic mass is 32.1. The van der Waals surface area contributed by atoms with Crippen LogP contribution < -0.4 is 5.56 Å². The Labute approximate surface area is 108 Å². The SMILES string of the molecule is CCCn1cnc2sc(C(=O)OC)c(C)c2c1=O. The summed E-state index contributed by atoms with van der Waals surface area (Å²) in [6, 6.07) is 0. The van der Waals surface area contributed by atoms with Gasteiger partial charge in [-0.25, -0.2) is 9.78 Å². The first kappa shape index (κ1) is 12.8. The molecule has 0 unspecified atom stereocenters. The highest BCUT2D eigenvalue weighted by Gasteiger charge is 2.19. The van der Waals surface area contributed by atoms with Crippen LogP contribution in [-0.4, -0.2) is 22.6 Å². The van der Waals surface area contributed by atoms with E-state index in [9.17, 15) is 9.59 Å². The van der Waals surface area contributed by atoms with Gasteiger partial charge in [-0.15, -0.1) is 11.3 Å². The summed E-state index contributed by atoms with van der Waals surface area (Å²) >= 11 is 1.20. The third-order valence-corrected chi connectivity index (χ3v) is 3.93. The number of aryl methyl sites for hydroxylation is 2. The van der Waals surface area contributed by atoms with Gasteiger partial charge in [0.1, 0.15) is 9.71 Å². The van der Waals surface area contributed by atoms with E-state index < -0.39 is 5.97 Å². The summed E-state index contributed by atoms with van der Waals surface area (Å²) < 4.78 is 6.27. The maximum absolute atomic E-state index is 12.2. The van der Waals surface area contributed by atoms with Crippen LogP contribution in [0.15, 0.2) is 11.1 Å². The van der Waals surface area contributed by atoms with Crippen molar-refractivity contribution >= 4 is 27.5 Å². The van der Waals surface area contributed by atoms with Gasteiger partial charge in [-0.3, -0.25) is 9.36 Å². The first-order valence-corrected chi connectivity index (χ1v) is 6.48. The molecule has 0 saturated heterocycles. The molecular weight excluding hydrogens is 252 g/mol. The second-order valence-corrected chi connectivity index (χ2v) is 4.97. The molecule has 0 bridgehead atoms. The van der Waals surface area contributed by atoms with E-state index in [1.165, 1.54) is 24.8 Å². The molecule has 2 aromatic rings. The topological polar surface area (TPSA) is 61.2 Å². The van der Waals surface area contributed by atoms with E-state index in [0.29, 0.717) is 27.2 Å². The van der Waals surface area contributed by atoms with E-state index in [1.54, 1.807) is 11.5 Å². The number of methoxy groups -OCH3 is 1. The van der Waals surface area contributed by atoms with Gasteiger partial charge in [0, 0.05) is 6.54 Å². The lowest BCUT2D eigenvalue weighted by atomic mass is 10.2. The van der Waals surface area contributed by atoms with Crippen LogP contribution >= 0.6 is 11.3 Å². The molecule has 0 amide bonds. The zero-order valence-electron chi connectivity index (χ0n) is 10.5. The first-order valence-electron chi connectivity index (χ1n) is 5.67. The lowest BCUT2D eigenvalue weighted by Crippen LogP contribution is -2.20. The Balaban J connectivity index is 2.70. The average molecular weight is 266 g/mol. The Morgan fingerprint density at radius 2 is 2.28 bits per heavy atom. The number of ether oxygens (including phenoxy) is 1. The van der Waals surface area contributed by atoms with Crippen molar-refractivity contribution in [2.45, 2.75) is 26.8 Å². The van der Waals surface area contributed by atoms with E-state index in [4.69, 9.17) is 4.74 Å². The number of carbonyl (C=O) groups is 1. The normalized spacial score (nSPS) is 10.8. The summed E-state index contributed by atoms with van der Waals surface area (Å²) in [5.41, 5.74) is 0.565. The van der Waals surface area contributed by atoms with E-state index in [2.05, 4.69) is 4.98 Å². The fraction of sp³-hybridized carbons (Fsp3) is 0.417. The Hall–Kier alpha value is -1.69. The first-order chi connectivity index (χ1) is 8.60. The minimum absolute atomic E-state index is 0.0919. The molecule has 2 aromatic heterocycles. The summed E-state index contributed by atoms with van der Waals surface area (Å²) in [7, 11) is 1.33. The van der Waals surface area contributed by atoms with Gasteiger partial charge in [-0.2, -0.15) is 0 Å². The lowest BCUT2D eigenvalue weighted by Gasteiger charge is -2.02. The summed E-state index contributed by atoms with van der Waals surface area (Å²) in [5, 5.41) is 0.524. The predicted molar refractivity (Wildman–Crippen MR) is 70.2 cm³/mol. The zero-order valence-corrected chi connectivity index (χ0v) is 11.3. The predicted octanol–water partition coefficient (Wildman–Crippen LogP) is 1.96. The fourth-order valence-corrected chi connectivity index (χ4v) is 2.90. The van der Waals surface area contributed by atoms with Crippen LogP contribution in [-0.2, 0) is 11.3 Å². The van der Waals surface area contributed by atoms with Crippen molar-refractivity contribution in [2.75, 3.05) is 7.11 Å². The number of nitrogens with zero attached hydrogens (tertiary/aromatic N) is 2. The summed E-state index contributed by atoms with van der Waals surface area (Å²) in [4.78, 5) is 29.1. The van der Waals surface area contributed by atoms with Crippen LogP contribution in [0.3, 0.4) is 0 Å². The third-order valence-electron chi connectivity index (χ3n) is 2.75. The Bertz CT molecular complexity index is 657. The highest BCUT2D eigenvalue weighted by molar-refractivity contribution is 7.20. The molecule has 18 heavy (non-hydrogen) atoms. The lowest BCUT2D eigenvalue weighted by molar-refractivity contribution is 0.0605. The smallest absolute Gasteiger partial charge is 0.348 e. The molecule has 0 fully saturated rings. The summed E-state index contributed by atoms with van der Waals surface area (Å²) in [6.45, 7) is 4.38. The standard InChI is InChI=1S/C12H14N2O3S/c1-4-5-14-6-13-10-8(11(14)15)7(2)9(18-10)12(16)17-3/h6H,4-5H2,1-3H3. The largest absolute Gasteiger partial charge is 0.465 e. The minimum atomic E-state index is -0.419. The maximum atomic E-state index is 12.2. The van der Waals surface area contributed by atoms with E-state index in [-0.39, 0.29) is 5.56 Å². The van der Waals surface area contributed by atoms with Crippen LogP contribution in [0.1, 0.15) is 28.6 Å². The Morgan fingerprint density at radius 3 is 2.89 bits per heavy atom. The monoisotopic (exact) mass is 266 g/mol. The Kier molecular flexibility index (Phi) is 3.47. The molecule has 0 atom stereocenters. The molecule has 0 spiro atoms. The highest BCUT2D eigenvalue weighted by Crippen LogP contribution is 2.27. The number of hydrogen-bond acceptors (Lipinski definition) is 5. The van der Waals surface area contributed by atoms with E-state index in [1.807, 2.05) is 6.92 Å². The van der Waals surface area contributed by atoms with Crippen molar-refractivity contribution in [1.82, 2.24) is 9.55 Å². The van der Waals surface area contributed by atoms with Crippen molar-refractivity contribution in [1.29, 1.82) is 0 Å². The molecular formula is C12H14N2O3S. The van der Waals surface area contributed by atoms with Crippen LogP contribution in [0.5, 0.6) is 0 Å². The van der Waals surface area contributed by atoms with Crippen molar-refractivity contribution in [2.24, 2.45) is 0 Å². The summed E-state index contributed by atoms with van der Waals surface area (Å²) in [5.74, 6) is -0.419. The van der Waals surface area contributed by atoms with Gasteiger partial charge in [-0.1, -0.05) is 6.92 Å². The number of aromatic nitrogens is 2. The minimum Gasteiger partial charge on any atom is -0.465 e. The van der Waals surface area contributed by atoms with Crippen molar-refractivity contribution < 1.29 is 9.53 Å². The number of fused-ring (bicyclic) bond motifs is 1. The number of thiophene rings is 1. The van der Waals surface area contributed by atoms with Crippen molar-refractivity contribution in [3.63, 3.8) is 0 Å². The van der Waals surface area contributed by atoms with Gasteiger partial charge in [0.2, 0.25) is 0 Å². The summed E-state index contributed by atoms with van der Waals surface area (Å²) in [6.07, 6.45) is 2.39. The number of esters is 1. The van der Waals surface area contributed by atoms with Crippen LogP contribution in [0.2, 0.25) is 0 Å².